The predicted octanol–water partition coefficient (Wildman–Crippen LogP) is 2.61. The number of sulfone groups is 1. The van der Waals surface area contributed by atoms with Gasteiger partial charge in [0.1, 0.15) is 11.6 Å². The van der Waals surface area contributed by atoms with Gasteiger partial charge < -0.3 is 5.11 Å². The van der Waals surface area contributed by atoms with E-state index >= 15 is 0 Å². The number of aliphatic hydroxyl groups is 1. The van der Waals surface area contributed by atoms with Gasteiger partial charge in [0, 0.05) is 5.56 Å². The molecule has 112 valence electrons. The molecule has 0 aliphatic heterocycles. The second-order valence-electron chi connectivity index (χ2n) is 4.72. The van der Waals surface area contributed by atoms with Crippen LogP contribution in [0.25, 0.3) is 0 Å². The molecule has 0 aliphatic rings. The largest absolute Gasteiger partial charge is 0.387 e. The molecule has 1 atom stereocenters. The lowest BCUT2D eigenvalue weighted by Crippen LogP contribution is -2.17. The van der Waals surface area contributed by atoms with Crippen LogP contribution in [-0.2, 0) is 15.6 Å². The van der Waals surface area contributed by atoms with Gasteiger partial charge in [-0.05, 0) is 23.8 Å². The monoisotopic (exact) mass is 312 g/mol. The van der Waals surface area contributed by atoms with Crippen molar-refractivity contribution in [1.29, 1.82) is 0 Å². The summed E-state index contributed by atoms with van der Waals surface area (Å²) >= 11 is 0. The number of rotatable bonds is 5. The van der Waals surface area contributed by atoms with Crippen LogP contribution in [0, 0.1) is 11.6 Å². The third-order valence-electron chi connectivity index (χ3n) is 2.95. The fourth-order valence-corrected chi connectivity index (χ4v) is 3.48. The molecule has 0 bridgehead atoms. The molecule has 2 aromatic rings. The van der Waals surface area contributed by atoms with Gasteiger partial charge >= 0.3 is 0 Å². The first kappa shape index (κ1) is 15.6. The second kappa shape index (κ2) is 6.32. The van der Waals surface area contributed by atoms with Crippen LogP contribution in [0.15, 0.2) is 48.5 Å². The molecular weight excluding hydrogens is 298 g/mol. The van der Waals surface area contributed by atoms with E-state index in [1.54, 1.807) is 0 Å². The van der Waals surface area contributed by atoms with E-state index in [4.69, 9.17) is 0 Å². The standard InChI is InChI=1S/C15H14F2O3S/c16-12-5-3-4-11(8-12)9-21(19,20)10-15(18)13-6-1-2-7-14(13)17/h1-8,15,18H,9-10H2. The summed E-state index contributed by atoms with van der Waals surface area (Å²) in [5, 5.41) is 9.88. The van der Waals surface area contributed by atoms with Crippen LogP contribution in [0.4, 0.5) is 8.78 Å². The summed E-state index contributed by atoms with van der Waals surface area (Å²) in [6, 6.07) is 10.7. The SMILES string of the molecule is O=S(=O)(Cc1cccc(F)c1)CC(O)c1ccccc1F. The van der Waals surface area contributed by atoms with Gasteiger partial charge in [-0.2, -0.15) is 0 Å². The zero-order valence-corrected chi connectivity index (χ0v) is 11.9. The molecule has 1 N–H and O–H groups in total. The third-order valence-corrected chi connectivity index (χ3v) is 4.55. The Balaban J connectivity index is 2.12. The first-order valence-corrected chi connectivity index (χ1v) is 8.07. The van der Waals surface area contributed by atoms with Gasteiger partial charge in [0.2, 0.25) is 0 Å². The van der Waals surface area contributed by atoms with Crippen LogP contribution < -0.4 is 0 Å². The maximum Gasteiger partial charge on any atom is 0.157 e. The maximum atomic E-state index is 13.5. The summed E-state index contributed by atoms with van der Waals surface area (Å²) < 4.78 is 50.5. The number of hydrogen-bond donors (Lipinski definition) is 1. The number of halogens is 2. The first-order chi connectivity index (χ1) is 9.87. The Kier molecular flexibility index (Phi) is 4.69. The van der Waals surface area contributed by atoms with E-state index in [0.29, 0.717) is 0 Å². The van der Waals surface area contributed by atoms with E-state index in [-0.39, 0.29) is 11.1 Å². The minimum Gasteiger partial charge on any atom is -0.387 e. The fraction of sp³-hybridized carbons (Fsp3) is 0.200. The van der Waals surface area contributed by atoms with Gasteiger partial charge in [-0.15, -0.1) is 0 Å². The second-order valence-corrected chi connectivity index (χ2v) is 6.83. The fourth-order valence-electron chi connectivity index (χ4n) is 2.02. The molecule has 6 heteroatoms. The van der Waals surface area contributed by atoms with Crippen LogP contribution in [0.5, 0.6) is 0 Å². The molecule has 0 aromatic heterocycles. The number of benzene rings is 2. The lowest BCUT2D eigenvalue weighted by atomic mass is 10.1. The lowest BCUT2D eigenvalue weighted by Gasteiger charge is -2.12. The van der Waals surface area contributed by atoms with Gasteiger partial charge in [-0.3, -0.25) is 0 Å². The van der Waals surface area contributed by atoms with Crippen LogP contribution in [-0.4, -0.2) is 19.3 Å². The molecule has 2 aromatic carbocycles. The Bertz CT molecular complexity index is 729. The van der Waals surface area contributed by atoms with E-state index in [1.165, 1.54) is 36.4 Å². The third kappa shape index (κ3) is 4.34. The highest BCUT2D eigenvalue weighted by Crippen LogP contribution is 2.20. The Labute approximate surface area is 121 Å². The van der Waals surface area contributed by atoms with E-state index < -0.39 is 39.1 Å². The quantitative estimate of drug-likeness (QED) is 0.923. The van der Waals surface area contributed by atoms with Gasteiger partial charge in [-0.25, -0.2) is 17.2 Å². The van der Waals surface area contributed by atoms with E-state index in [0.717, 1.165) is 12.1 Å². The zero-order valence-electron chi connectivity index (χ0n) is 11.0. The molecular formula is C15H14F2O3S. The molecule has 21 heavy (non-hydrogen) atoms. The topological polar surface area (TPSA) is 54.4 Å². The average Bonchev–Trinajstić information content (AvgIpc) is 2.37. The molecule has 3 nitrogen and oxygen atoms in total. The summed E-state index contributed by atoms with van der Waals surface area (Å²) in [4.78, 5) is 0. The molecule has 0 radical (unpaired) electrons. The molecule has 0 spiro atoms. The number of aliphatic hydroxyl groups excluding tert-OH is 1. The van der Waals surface area contributed by atoms with Gasteiger partial charge in [0.15, 0.2) is 9.84 Å². The van der Waals surface area contributed by atoms with Gasteiger partial charge in [0.05, 0.1) is 17.6 Å². The van der Waals surface area contributed by atoms with Crippen molar-refractivity contribution in [3.8, 4) is 0 Å². The van der Waals surface area contributed by atoms with Crippen LogP contribution in [0.1, 0.15) is 17.2 Å². The average molecular weight is 312 g/mol. The molecule has 1 unspecified atom stereocenters. The first-order valence-electron chi connectivity index (χ1n) is 6.25. The van der Waals surface area contributed by atoms with Gasteiger partial charge in [-0.1, -0.05) is 30.3 Å². The molecule has 0 heterocycles. The summed E-state index contributed by atoms with van der Waals surface area (Å²) in [5.74, 6) is -2.22. The minimum atomic E-state index is -3.70. The van der Waals surface area contributed by atoms with Crippen molar-refractivity contribution < 1.29 is 22.3 Å². The normalized spacial score (nSPS) is 13.1. The molecule has 0 amide bonds. The summed E-state index contributed by atoms with van der Waals surface area (Å²) in [6.07, 6.45) is -1.45. The van der Waals surface area contributed by atoms with Crippen LogP contribution >= 0.6 is 0 Å². The predicted molar refractivity (Wildman–Crippen MR) is 75.3 cm³/mol. The Morgan fingerprint density at radius 2 is 1.76 bits per heavy atom. The van der Waals surface area contributed by atoms with Crippen molar-refractivity contribution >= 4 is 9.84 Å². The highest BCUT2D eigenvalue weighted by Gasteiger charge is 2.21. The van der Waals surface area contributed by atoms with Crippen molar-refractivity contribution in [3.05, 3.63) is 71.3 Å². The summed E-state index contributed by atoms with van der Waals surface area (Å²) in [5.41, 5.74) is 0.219. The summed E-state index contributed by atoms with van der Waals surface area (Å²) in [6.45, 7) is 0. The maximum absolute atomic E-state index is 13.5. The van der Waals surface area contributed by atoms with Crippen LogP contribution in [0.3, 0.4) is 0 Å². The Morgan fingerprint density at radius 1 is 1.05 bits per heavy atom. The molecule has 2 rings (SSSR count). The molecule has 0 saturated heterocycles. The van der Waals surface area contributed by atoms with Crippen molar-refractivity contribution in [1.82, 2.24) is 0 Å². The zero-order chi connectivity index (χ0) is 15.5. The van der Waals surface area contributed by atoms with Crippen molar-refractivity contribution in [2.45, 2.75) is 11.9 Å². The minimum absolute atomic E-state index is 0.0692. The number of hydrogen-bond acceptors (Lipinski definition) is 3. The van der Waals surface area contributed by atoms with Crippen molar-refractivity contribution in [3.63, 3.8) is 0 Å². The Hall–Kier alpha value is -1.79. The smallest absolute Gasteiger partial charge is 0.157 e. The highest BCUT2D eigenvalue weighted by atomic mass is 32.2. The van der Waals surface area contributed by atoms with E-state index in [2.05, 4.69) is 0 Å². The molecule has 0 aliphatic carbocycles. The molecule has 0 saturated carbocycles. The van der Waals surface area contributed by atoms with Crippen molar-refractivity contribution in [2.75, 3.05) is 5.75 Å². The highest BCUT2D eigenvalue weighted by molar-refractivity contribution is 7.90. The van der Waals surface area contributed by atoms with Crippen LogP contribution in [0.2, 0.25) is 0 Å². The molecule has 0 fully saturated rings. The van der Waals surface area contributed by atoms with Crippen molar-refractivity contribution in [2.24, 2.45) is 0 Å². The van der Waals surface area contributed by atoms with Gasteiger partial charge in [0.25, 0.3) is 0 Å². The lowest BCUT2D eigenvalue weighted by molar-refractivity contribution is 0.196. The Morgan fingerprint density at radius 3 is 2.43 bits per heavy atom. The van der Waals surface area contributed by atoms with E-state index in [1.807, 2.05) is 0 Å². The van der Waals surface area contributed by atoms with E-state index in [9.17, 15) is 22.3 Å². The summed E-state index contributed by atoms with van der Waals surface area (Å²) in [7, 11) is -3.70.